The Kier molecular flexibility index (Phi) is 14.3. The topological polar surface area (TPSA) is 72.5 Å². The van der Waals surface area contributed by atoms with Gasteiger partial charge in [-0.2, -0.15) is 0 Å². The molecule has 172 valence electrons. The number of hydrogen-bond donors (Lipinski definition) is 0. The van der Waals surface area contributed by atoms with E-state index in [-0.39, 0.29) is 18.4 Å². The molecule has 0 unspecified atom stereocenters. The van der Waals surface area contributed by atoms with Gasteiger partial charge in [0.25, 0.3) is 0 Å². The SMILES string of the molecule is COCCOCCOCCOCCOCC(=O)Oc1c(C(C)C)cccc1C(C)C. The number of rotatable bonds is 17. The van der Waals surface area contributed by atoms with E-state index in [1.165, 1.54) is 0 Å². The molecule has 30 heavy (non-hydrogen) atoms. The van der Waals surface area contributed by atoms with Crippen LogP contribution >= 0.6 is 0 Å². The summed E-state index contributed by atoms with van der Waals surface area (Å²) in [5.74, 6) is 0.789. The first-order chi connectivity index (χ1) is 14.5. The van der Waals surface area contributed by atoms with Gasteiger partial charge in [-0.3, -0.25) is 0 Å². The molecule has 0 aliphatic rings. The van der Waals surface area contributed by atoms with Crippen molar-refractivity contribution >= 4 is 5.97 Å². The second kappa shape index (κ2) is 16.2. The van der Waals surface area contributed by atoms with Gasteiger partial charge in [0, 0.05) is 7.11 Å². The molecule has 1 rings (SSSR count). The van der Waals surface area contributed by atoms with E-state index in [0.717, 1.165) is 11.1 Å². The zero-order valence-electron chi connectivity index (χ0n) is 19.1. The third kappa shape index (κ3) is 11.0. The van der Waals surface area contributed by atoms with Crippen LogP contribution in [-0.2, 0) is 28.5 Å². The molecule has 0 aliphatic heterocycles. The first-order valence-corrected chi connectivity index (χ1v) is 10.6. The smallest absolute Gasteiger partial charge is 0.337 e. The highest BCUT2D eigenvalue weighted by molar-refractivity contribution is 5.74. The molecule has 0 radical (unpaired) electrons. The number of benzene rings is 1. The molecule has 0 bridgehead atoms. The van der Waals surface area contributed by atoms with Gasteiger partial charge in [-0.05, 0) is 23.0 Å². The molecule has 0 aromatic heterocycles. The maximum atomic E-state index is 12.2. The van der Waals surface area contributed by atoms with E-state index in [4.69, 9.17) is 28.4 Å². The molecule has 0 saturated heterocycles. The molecule has 1 aromatic rings. The fourth-order valence-corrected chi connectivity index (χ4v) is 2.70. The second-order valence-electron chi connectivity index (χ2n) is 7.43. The molecule has 0 spiro atoms. The molecule has 7 nitrogen and oxygen atoms in total. The van der Waals surface area contributed by atoms with Gasteiger partial charge in [0.2, 0.25) is 0 Å². The van der Waals surface area contributed by atoms with E-state index >= 15 is 0 Å². The molecule has 0 saturated carbocycles. The minimum absolute atomic E-state index is 0.108. The van der Waals surface area contributed by atoms with Crippen molar-refractivity contribution in [3.05, 3.63) is 29.3 Å². The number of methoxy groups -OCH3 is 1. The van der Waals surface area contributed by atoms with Crippen molar-refractivity contribution in [3.63, 3.8) is 0 Å². The Bertz CT molecular complexity index is 561. The minimum Gasteiger partial charge on any atom is -0.424 e. The van der Waals surface area contributed by atoms with Crippen molar-refractivity contribution in [2.24, 2.45) is 0 Å². The van der Waals surface area contributed by atoms with Crippen LogP contribution in [0.5, 0.6) is 5.75 Å². The van der Waals surface area contributed by atoms with Crippen LogP contribution in [0.3, 0.4) is 0 Å². The predicted octanol–water partition coefficient (Wildman–Crippen LogP) is 3.55. The van der Waals surface area contributed by atoms with Crippen LogP contribution in [-0.4, -0.2) is 72.5 Å². The van der Waals surface area contributed by atoms with E-state index in [0.29, 0.717) is 58.6 Å². The zero-order chi connectivity index (χ0) is 22.2. The summed E-state index contributed by atoms with van der Waals surface area (Å²) in [6.45, 7) is 12.1. The molecule has 1 aromatic carbocycles. The summed E-state index contributed by atoms with van der Waals surface area (Å²) in [7, 11) is 1.64. The quantitative estimate of drug-likeness (QED) is 0.214. The fourth-order valence-electron chi connectivity index (χ4n) is 2.70. The summed E-state index contributed by atoms with van der Waals surface area (Å²) in [6, 6.07) is 6.01. The molecule has 7 heteroatoms. The van der Waals surface area contributed by atoms with Gasteiger partial charge in [0.15, 0.2) is 0 Å². The van der Waals surface area contributed by atoms with Gasteiger partial charge in [-0.25, -0.2) is 4.79 Å². The number of ether oxygens (including phenoxy) is 6. The Morgan fingerprint density at radius 1 is 0.733 bits per heavy atom. The molecule has 0 aliphatic carbocycles. The van der Waals surface area contributed by atoms with Crippen LogP contribution in [0.4, 0.5) is 0 Å². The van der Waals surface area contributed by atoms with Crippen LogP contribution in [0.25, 0.3) is 0 Å². The highest BCUT2D eigenvalue weighted by Gasteiger charge is 2.18. The summed E-state index contributed by atoms with van der Waals surface area (Å²) < 4.78 is 32.0. The van der Waals surface area contributed by atoms with Crippen LogP contribution < -0.4 is 4.74 Å². The first-order valence-electron chi connectivity index (χ1n) is 10.6. The van der Waals surface area contributed by atoms with E-state index in [1.807, 2.05) is 18.2 Å². The Balaban J connectivity index is 2.17. The number of para-hydroxylation sites is 1. The van der Waals surface area contributed by atoms with Crippen LogP contribution in [0, 0.1) is 0 Å². The van der Waals surface area contributed by atoms with E-state index in [9.17, 15) is 4.79 Å². The molecule has 0 amide bonds. The first kappa shape index (κ1) is 26.5. The van der Waals surface area contributed by atoms with Crippen LogP contribution in [0.2, 0.25) is 0 Å². The van der Waals surface area contributed by atoms with Crippen molar-refractivity contribution in [2.75, 3.05) is 66.6 Å². The second-order valence-corrected chi connectivity index (χ2v) is 7.43. The van der Waals surface area contributed by atoms with Gasteiger partial charge in [0.1, 0.15) is 12.4 Å². The van der Waals surface area contributed by atoms with Gasteiger partial charge >= 0.3 is 5.97 Å². The Morgan fingerprint density at radius 2 is 1.17 bits per heavy atom. The van der Waals surface area contributed by atoms with Crippen molar-refractivity contribution < 1.29 is 33.2 Å². The lowest BCUT2D eigenvalue weighted by Gasteiger charge is -2.18. The maximum Gasteiger partial charge on any atom is 0.337 e. The van der Waals surface area contributed by atoms with E-state index < -0.39 is 5.97 Å². The van der Waals surface area contributed by atoms with Crippen molar-refractivity contribution in [1.82, 2.24) is 0 Å². The van der Waals surface area contributed by atoms with Crippen molar-refractivity contribution in [1.29, 1.82) is 0 Å². The van der Waals surface area contributed by atoms with Gasteiger partial charge < -0.3 is 28.4 Å². The lowest BCUT2D eigenvalue weighted by Crippen LogP contribution is -2.19. The van der Waals surface area contributed by atoms with Crippen LogP contribution in [0.15, 0.2) is 18.2 Å². The Hall–Kier alpha value is -1.51. The summed E-state index contributed by atoms with van der Waals surface area (Å²) in [6.07, 6.45) is 0. The van der Waals surface area contributed by atoms with Crippen molar-refractivity contribution in [2.45, 2.75) is 39.5 Å². The normalized spacial score (nSPS) is 11.4. The number of hydrogen-bond acceptors (Lipinski definition) is 7. The molecule has 0 N–H and O–H groups in total. The Labute approximate surface area is 180 Å². The number of carbonyl (C=O) groups excluding carboxylic acids is 1. The lowest BCUT2D eigenvalue weighted by molar-refractivity contribution is -0.140. The van der Waals surface area contributed by atoms with E-state index in [1.54, 1.807) is 7.11 Å². The highest BCUT2D eigenvalue weighted by atomic mass is 16.6. The van der Waals surface area contributed by atoms with Crippen LogP contribution in [0.1, 0.15) is 50.7 Å². The monoisotopic (exact) mass is 426 g/mol. The van der Waals surface area contributed by atoms with Gasteiger partial charge in [0.05, 0.1) is 52.9 Å². The summed E-state index contributed by atoms with van der Waals surface area (Å²) in [5, 5.41) is 0. The van der Waals surface area contributed by atoms with E-state index in [2.05, 4.69) is 27.7 Å². The molecule has 0 atom stereocenters. The third-order valence-electron chi connectivity index (χ3n) is 4.30. The maximum absolute atomic E-state index is 12.2. The average Bonchev–Trinajstić information content (AvgIpc) is 2.71. The van der Waals surface area contributed by atoms with Gasteiger partial charge in [-0.1, -0.05) is 45.9 Å². The lowest BCUT2D eigenvalue weighted by atomic mass is 9.94. The number of esters is 1. The Morgan fingerprint density at radius 3 is 1.60 bits per heavy atom. The molecular weight excluding hydrogens is 388 g/mol. The third-order valence-corrected chi connectivity index (χ3v) is 4.30. The summed E-state index contributed by atoms with van der Waals surface area (Å²) >= 11 is 0. The minimum atomic E-state index is -0.401. The highest BCUT2D eigenvalue weighted by Crippen LogP contribution is 2.34. The standard InChI is InChI=1S/C23H38O7/c1-18(2)20-7-6-8-21(19(3)4)23(20)30-22(24)17-29-16-15-28-14-13-27-12-11-26-10-9-25-5/h6-8,18-19H,9-17H2,1-5H3. The van der Waals surface area contributed by atoms with Gasteiger partial charge in [-0.15, -0.1) is 0 Å². The average molecular weight is 427 g/mol. The molecule has 0 heterocycles. The predicted molar refractivity (Wildman–Crippen MR) is 115 cm³/mol. The zero-order valence-corrected chi connectivity index (χ0v) is 19.1. The summed E-state index contributed by atoms with van der Waals surface area (Å²) in [5.41, 5.74) is 2.06. The molecule has 0 fully saturated rings. The largest absolute Gasteiger partial charge is 0.424 e. The fraction of sp³-hybridized carbons (Fsp3) is 0.696. The number of carbonyl (C=O) groups is 1. The molecular formula is C23H38O7. The summed E-state index contributed by atoms with van der Waals surface area (Å²) in [4.78, 5) is 12.2. The van der Waals surface area contributed by atoms with Crippen molar-refractivity contribution in [3.8, 4) is 5.75 Å².